The van der Waals surface area contributed by atoms with Crippen LogP contribution in [0.25, 0.3) is 0 Å². The maximum atomic E-state index is 13.9. The molecule has 4 atom stereocenters. The van der Waals surface area contributed by atoms with Gasteiger partial charge in [-0.05, 0) is 62.6 Å². The molecule has 0 heterocycles. The molecule has 3 aromatic carbocycles. The minimum Gasteiger partial charge on any atom is -0.444 e. The summed E-state index contributed by atoms with van der Waals surface area (Å²) < 4.78 is 5.54. The molecule has 0 bridgehead atoms. The Morgan fingerprint density at radius 2 is 1.23 bits per heavy atom. The molecule has 9 heteroatoms. The molecule has 0 saturated carbocycles. The van der Waals surface area contributed by atoms with E-state index in [1.807, 2.05) is 105 Å². The molecule has 0 spiro atoms. The Bertz CT molecular complexity index is 1380. The number of carbonyl (C=O) groups is 3. The van der Waals surface area contributed by atoms with Crippen molar-refractivity contribution in [2.24, 2.45) is 11.8 Å². The van der Waals surface area contributed by atoms with E-state index in [1.165, 1.54) is 0 Å². The van der Waals surface area contributed by atoms with Gasteiger partial charge in [-0.1, -0.05) is 105 Å². The van der Waals surface area contributed by atoms with Crippen LogP contribution >= 0.6 is 0 Å². The number of amides is 4. The molecular formula is C38H52N4O5. The summed E-state index contributed by atoms with van der Waals surface area (Å²) >= 11 is 0. The van der Waals surface area contributed by atoms with Gasteiger partial charge in [0, 0.05) is 20.1 Å². The molecule has 3 rings (SSSR count). The summed E-state index contributed by atoms with van der Waals surface area (Å²) in [5, 5.41) is 20.8. The second kappa shape index (κ2) is 18.1. The molecule has 4 unspecified atom stereocenters. The largest absolute Gasteiger partial charge is 0.444 e. The fourth-order valence-electron chi connectivity index (χ4n) is 5.42. The highest BCUT2D eigenvalue weighted by atomic mass is 16.6. The van der Waals surface area contributed by atoms with E-state index in [2.05, 4.69) is 16.0 Å². The van der Waals surface area contributed by atoms with E-state index in [0.717, 1.165) is 16.7 Å². The van der Waals surface area contributed by atoms with Crippen molar-refractivity contribution in [3.63, 3.8) is 0 Å². The van der Waals surface area contributed by atoms with Gasteiger partial charge in [-0.25, -0.2) is 9.59 Å². The van der Waals surface area contributed by atoms with Crippen LogP contribution in [0.1, 0.15) is 57.7 Å². The number of urea groups is 1. The van der Waals surface area contributed by atoms with Gasteiger partial charge >= 0.3 is 12.1 Å². The fourth-order valence-corrected chi connectivity index (χ4v) is 5.42. The predicted molar refractivity (Wildman–Crippen MR) is 186 cm³/mol. The average molecular weight is 645 g/mol. The fraction of sp³-hybridized carbons (Fsp3) is 0.447. The molecule has 254 valence electrons. The topological polar surface area (TPSA) is 120 Å². The Balaban J connectivity index is 1.81. The second-order valence-electron chi connectivity index (χ2n) is 13.6. The van der Waals surface area contributed by atoms with Gasteiger partial charge in [-0.2, -0.15) is 0 Å². The van der Waals surface area contributed by atoms with Crippen molar-refractivity contribution in [1.82, 2.24) is 20.9 Å². The van der Waals surface area contributed by atoms with E-state index >= 15 is 0 Å². The molecule has 0 saturated heterocycles. The summed E-state index contributed by atoms with van der Waals surface area (Å²) in [5.41, 5.74) is 2.11. The first-order valence-corrected chi connectivity index (χ1v) is 16.4. The Morgan fingerprint density at radius 1 is 0.766 bits per heavy atom. The Kier molecular flexibility index (Phi) is 14.3. The van der Waals surface area contributed by atoms with E-state index < -0.39 is 35.8 Å². The number of nitrogens with zero attached hydrogens (tertiary/aromatic N) is 1. The standard InChI is InChI=1S/C38H52N4O5/c1-27(2)22-31(25-39-36(45)42(6)26-30-20-14-9-15-21-30)35(44)40-32(23-28-16-10-7-11-17-28)34(43)33(24-29-18-12-8-13-19-29)41-37(46)47-38(3,4)5/h7-21,27,31-34,43H,22-26H2,1-6H3,(H,39,45)(H,40,44)(H,41,46). The lowest BCUT2D eigenvalue weighted by Crippen LogP contribution is -2.57. The highest BCUT2D eigenvalue weighted by molar-refractivity contribution is 5.81. The zero-order chi connectivity index (χ0) is 34.4. The molecule has 0 aliphatic rings. The Morgan fingerprint density at radius 3 is 1.70 bits per heavy atom. The van der Waals surface area contributed by atoms with Crippen LogP contribution in [0.15, 0.2) is 91.0 Å². The maximum absolute atomic E-state index is 13.9. The van der Waals surface area contributed by atoms with E-state index in [4.69, 9.17) is 4.74 Å². The zero-order valence-corrected chi connectivity index (χ0v) is 28.6. The van der Waals surface area contributed by atoms with Crippen LogP contribution in [0.4, 0.5) is 9.59 Å². The molecule has 3 aromatic rings. The van der Waals surface area contributed by atoms with Crippen molar-refractivity contribution in [2.45, 2.75) is 84.2 Å². The van der Waals surface area contributed by atoms with Gasteiger partial charge in [0.25, 0.3) is 0 Å². The number of aliphatic hydroxyl groups excluding tert-OH is 1. The molecule has 0 aromatic heterocycles. The molecule has 47 heavy (non-hydrogen) atoms. The van der Waals surface area contributed by atoms with Gasteiger partial charge < -0.3 is 30.7 Å². The third-order valence-corrected chi connectivity index (χ3v) is 7.69. The average Bonchev–Trinajstić information content (AvgIpc) is 3.02. The van der Waals surface area contributed by atoms with Crippen molar-refractivity contribution < 1.29 is 24.2 Å². The predicted octanol–water partition coefficient (Wildman–Crippen LogP) is 5.71. The number of nitrogens with one attached hydrogen (secondary N) is 3. The summed E-state index contributed by atoms with van der Waals surface area (Å²) in [4.78, 5) is 41.5. The van der Waals surface area contributed by atoms with Crippen LogP contribution in [-0.4, -0.2) is 65.4 Å². The van der Waals surface area contributed by atoms with Gasteiger partial charge in [0.05, 0.1) is 24.1 Å². The van der Waals surface area contributed by atoms with E-state index in [0.29, 0.717) is 25.8 Å². The van der Waals surface area contributed by atoms with Crippen LogP contribution in [0.2, 0.25) is 0 Å². The lowest BCUT2D eigenvalue weighted by Gasteiger charge is -2.33. The van der Waals surface area contributed by atoms with Crippen LogP contribution in [0.3, 0.4) is 0 Å². The summed E-state index contributed by atoms with van der Waals surface area (Å²) in [6, 6.07) is 27.1. The Hall–Kier alpha value is -4.37. The zero-order valence-electron chi connectivity index (χ0n) is 28.6. The van der Waals surface area contributed by atoms with Crippen molar-refractivity contribution in [2.75, 3.05) is 13.6 Å². The number of rotatable bonds is 15. The number of benzene rings is 3. The molecule has 4 N–H and O–H groups in total. The number of hydrogen-bond acceptors (Lipinski definition) is 5. The smallest absolute Gasteiger partial charge is 0.407 e. The SMILES string of the molecule is CC(C)CC(CNC(=O)N(C)Cc1ccccc1)C(=O)NC(Cc1ccccc1)C(O)C(Cc1ccccc1)NC(=O)OC(C)(C)C. The van der Waals surface area contributed by atoms with Crippen molar-refractivity contribution >= 4 is 18.0 Å². The Labute approximate surface area is 280 Å². The number of alkyl carbamates (subject to hydrolysis) is 1. The third kappa shape index (κ3) is 13.5. The second-order valence-corrected chi connectivity index (χ2v) is 13.6. The number of aliphatic hydroxyl groups is 1. The summed E-state index contributed by atoms with van der Waals surface area (Å²) in [6.07, 6.45) is -0.635. The minimum atomic E-state index is -1.17. The van der Waals surface area contributed by atoms with Gasteiger partial charge in [0.2, 0.25) is 5.91 Å². The normalized spacial score (nSPS) is 14.0. The first-order chi connectivity index (χ1) is 22.3. The summed E-state index contributed by atoms with van der Waals surface area (Å²) in [5.74, 6) is -0.636. The van der Waals surface area contributed by atoms with E-state index in [9.17, 15) is 19.5 Å². The monoisotopic (exact) mass is 644 g/mol. The number of ether oxygens (including phenoxy) is 1. The molecule has 0 aliphatic carbocycles. The highest BCUT2D eigenvalue weighted by Gasteiger charge is 2.33. The maximum Gasteiger partial charge on any atom is 0.407 e. The van der Waals surface area contributed by atoms with Crippen molar-refractivity contribution in [3.8, 4) is 0 Å². The van der Waals surface area contributed by atoms with Gasteiger partial charge in [0.1, 0.15) is 5.60 Å². The number of hydrogen-bond donors (Lipinski definition) is 4. The van der Waals surface area contributed by atoms with Crippen LogP contribution in [-0.2, 0) is 28.9 Å². The summed E-state index contributed by atoms with van der Waals surface area (Å²) in [7, 11) is 1.72. The first-order valence-electron chi connectivity index (χ1n) is 16.4. The van der Waals surface area contributed by atoms with Gasteiger partial charge in [0.15, 0.2) is 0 Å². The van der Waals surface area contributed by atoms with Crippen molar-refractivity contribution in [3.05, 3.63) is 108 Å². The summed E-state index contributed by atoms with van der Waals surface area (Å²) in [6.45, 7) is 9.97. The molecule has 0 fully saturated rings. The molecule has 4 amide bonds. The highest BCUT2D eigenvalue weighted by Crippen LogP contribution is 2.18. The lowest BCUT2D eigenvalue weighted by molar-refractivity contribution is -0.127. The molecule has 9 nitrogen and oxygen atoms in total. The van der Waals surface area contributed by atoms with Gasteiger partial charge in [-0.3, -0.25) is 4.79 Å². The van der Waals surface area contributed by atoms with Crippen LogP contribution in [0.5, 0.6) is 0 Å². The number of carbonyl (C=O) groups excluding carboxylic acids is 3. The van der Waals surface area contributed by atoms with Crippen LogP contribution < -0.4 is 16.0 Å². The first kappa shape index (κ1) is 37.1. The van der Waals surface area contributed by atoms with Crippen LogP contribution in [0, 0.1) is 11.8 Å². The molecule has 0 radical (unpaired) electrons. The van der Waals surface area contributed by atoms with E-state index in [-0.39, 0.29) is 24.4 Å². The van der Waals surface area contributed by atoms with E-state index in [1.54, 1.807) is 32.7 Å². The molecular weight excluding hydrogens is 592 g/mol. The van der Waals surface area contributed by atoms with Crippen molar-refractivity contribution in [1.29, 1.82) is 0 Å². The quantitative estimate of drug-likeness (QED) is 0.169. The lowest BCUT2D eigenvalue weighted by atomic mass is 9.91. The third-order valence-electron chi connectivity index (χ3n) is 7.69. The van der Waals surface area contributed by atoms with Gasteiger partial charge in [-0.15, -0.1) is 0 Å². The molecule has 0 aliphatic heterocycles. The minimum absolute atomic E-state index is 0.139.